The van der Waals surface area contributed by atoms with Crippen LogP contribution in [-0.4, -0.2) is 11.8 Å². The first kappa shape index (κ1) is 11.3. The van der Waals surface area contributed by atoms with Crippen LogP contribution in [0, 0.1) is 11.8 Å². The van der Waals surface area contributed by atoms with Gasteiger partial charge < -0.3 is 0 Å². The Morgan fingerprint density at radius 2 is 1.79 bits per heavy atom. The van der Waals surface area contributed by atoms with E-state index in [1.165, 1.54) is 6.08 Å². The van der Waals surface area contributed by atoms with Gasteiger partial charge in [-0.1, -0.05) is 12.2 Å². The molecule has 1 saturated carbocycles. The van der Waals surface area contributed by atoms with Crippen LogP contribution < -0.4 is 0 Å². The van der Waals surface area contributed by atoms with E-state index >= 15 is 0 Å². The van der Waals surface area contributed by atoms with Gasteiger partial charge in [0, 0.05) is 5.92 Å². The average molecular weight is 208 g/mol. The second-order valence-corrected chi connectivity index (χ2v) is 3.64. The molecule has 0 amide bonds. The van der Waals surface area contributed by atoms with E-state index in [9.17, 15) is 17.6 Å². The fourth-order valence-corrected chi connectivity index (χ4v) is 1.92. The highest BCUT2D eigenvalue weighted by Crippen LogP contribution is 2.52. The highest BCUT2D eigenvalue weighted by Gasteiger charge is 2.63. The van der Waals surface area contributed by atoms with Crippen LogP contribution in [0.3, 0.4) is 0 Å². The summed E-state index contributed by atoms with van der Waals surface area (Å²) in [6.45, 7) is 6.64. The number of rotatable bonds is 2. The summed E-state index contributed by atoms with van der Waals surface area (Å²) in [6.07, 6.45) is -2.77. The first-order valence-electron chi connectivity index (χ1n) is 4.36. The van der Waals surface area contributed by atoms with Crippen LogP contribution in [0.15, 0.2) is 25.3 Å². The molecule has 0 bridgehead atoms. The molecule has 0 N–H and O–H groups in total. The van der Waals surface area contributed by atoms with Crippen molar-refractivity contribution in [2.75, 3.05) is 0 Å². The van der Waals surface area contributed by atoms with E-state index in [2.05, 4.69) is 13.2 Å². The van der Waals surface area contributed by atoms with Crippen molar-refractivity contribution in [1.29, 1.82) is 0 Å². The van der Waals surface area contributed by atoms with Crippen LogP contribution in [0.2, 0.25) is 0 Å². The molecule has 0 spiro atoms. The van der Waals surface area contributed by atoms with Crippen LogP contribution in [0.1, 0.15) is 12.8 Å². The van der Waals surface area contributed by atoms with Crippen LogP contribution in [0.25, 0.3) is 0 Å². The predicted molar refractivity (Wildman–Crippen MR) is 46.5 cm³/mol. The molecule has 0 nitrogen and oxygen atoms in total. The Morgan fingerprint density at radius 3 is 2.07 bits per heavy atom. The Bertz CT molecular complexity index is 243. The molecule has 0 radical (unpaired) electrons. The summed E-state index contributed by atoms with van der Waals surface area (Å²) in [5, 5.41) is 0. The fraction of sp³-hybridized carbons (Fsp3) is 0.600. The molecule has 3 atom stereocenters. The maximum atomic E-state index is 13.7. The molecule has 0 saturated heterocycles. The van der Waals surface area contributed by atoms with Gasteiger partial charge in [0.25, 0.3) is 0 Å². The SMILES string of the molecule is C=CC1CC(C=C)C(F)(C(F)(F)F)C1. The summed E-state index contributed by atoms with van der Waals surface area (Å²) in [5.41, 5.74) is -3.12. The number of hydrogen-bond acceptors (Lipinski definition) is 0. The van der Waals surface area contributed by atoms with E-state index in [1.54, 1.807) is 0 Å². The second kappa shape index (κ2) is 3.41. The Labute approximate surface area is 80.3 Å². The van der Waals surface area contributed by atoms with E-state index in [4.69, 9.17) is 0 Å². The van der Waals surface area contributed by atoms with Gasteiger partial charge in [0.05, 0.1) is 0 Å². The number of allylic oxidation sites excluding steroid dienone is 2. The third kappa shape index (κ3) is 1.57. The van der Waals surface area contributed by atoms with Crippen molar-refractivity contribution in [3.8, 4) is 0 Å². The van der Waals surface area contributed by atoms with Gasteiger partial charge in [-0.15, -0.1) is 13.2 Å². The highest BCUT2D eigenvalue weighted by atomic mass is 19.4. The number of alkyl halides is 4. The van der Waals surface area contributed by atoms with Gasteiger partial charge >= 0.3 is 6.18 Å². The fourth-order valence-electron chi connectivity index (χ4n) is 1.92. The molecule has 3 unspecified atom stereocenters. The summed E-state index contributed by atoms with van der Waals surface area (Å²) < 4.78 is 51.0. The normalized spacial score (nSPS) is 38.3. The van der Waals surface area contributed by atoms with Crippen molar-refractivity contribution in [2.24, 2.45) is 11.8 Å². The lowest BCUT2D eigenvalue weighted by Gasteiger charge is -2.27. The van der Waals surface area contributed by atoms with E-state index < -0.39 is 30.1 Å². The van der Waals surface area contributed by atoms with Crippen molar-refractivity contribution in [2.45, 2.75) is 24.7 Å². The molecule has 4 heteroatoms. The monoisotopic (exact) mass is 208 g/mol. The molecule has 0 heterocycles. The molecule has 0 aliphatic heterocycles. The lowest BCUT2D eigenvalue weighted by Crippen LogP contribution is -2.43. The van der Waals surface area contributed by atoms with Gasteiger partial charge in [-0.25, -0.2) is 4.39 Å². The van der Waals surface area contributed by atoms with E-state index in [-0.39, 0.29) is 6.42 Å². The minimum Gasteiger partial charge on any atom is -0.233 e. The first-order valence-corrected chi connectivity index (χ1v) is 4.36. The Kier molecular flexibility index (Phi) is 2.74. The quantitative estimate of drug-likeness (QED) is 0.480. The van der Waals surface area contributed by atoms with Crippen LogP contribution in [-0.2, 0) is 0 Å². The van der Waals surface area contributed by atoms with E-state index in [0.717, 1.165) is 6.08 Å². The molecule has 14 heavy (non-hydrogen) atoms. The molecule has 0 aromatic heterocycles. The van der Waals surface area contributed by atoms with E-state index in [0.29, 0.717) is 0 Å². The van der Waals surface area contributed by atoms with Gasteiger partial charge in [-0.3, -0.25) is 0 Å². The predicted octanol–water partition coefficient (Wildman–Crippen LogP) is 3.66. The average Bonchev–Trinajstić information content (AvgIpc) is 2.42. The molecule has 80 valence electrons. The summed E-state index contributed by atoms with van der Waals surface area (Å²) in [5.74, 6) is -1.56. The lowest BCUT2D eigenvalue weighted by atomic mass is 9.92. The van der Waals surface area contributed by atoms with Crippen LogP contribution in [0.5, 0.6) is 0 Å². The van der Waals surface area contributed by atoms with Gasteiger partial charge in [-0.05, 0) is 18.8 Å². The van der Waals surface area contributed by atoms with Crippen molar-refractivity contribution in [3.63, 3.8) is 0 Å². The molecule has 1 rings (SSSR count). The van der Waals surface area contributed by atoms with Gasteiger partial charge in [0.15, 0.2) is 0 Å². The first-order chi connectivity index (χ1) is 6.35. The van der Waals surface area contributed by atoms with Crippen LogP contribution >= 0.6 is 0 Å². The Balaban J connectivity index is 2.97. The summed E-state index contributed by atoms with van der Waals surface area (Å²) in [4.78, 5) is 0. The Hall–Kier alpha value is -0.800. The topological polar surface area (TPSA) is 0 Å². The molecule has 0 aromatic carbocycles. The molecule has 1 fully saturated rings. The standard InChI is InChI=1S/C10H12F4/c1-3-7-5-8(4-2)9(11,6-7)10(12,13)14/h3-4,7-8H,1-2,5-6H2. The van der Waals surface area contributed by atoms with Crippen molar-refractivity contribution in [3.05, 3.63) is 25.3 Å². The zero-order valence-corrected chi connectivity index (χ0v) is 7.65. The minimum atomic E-state index is -4.82. The number of halogens is 4. The molecular formula is C10H12F4. The highest BCUT2D eigenvalue weighted by molar-refractivity contribution is 5.10. The Morgan fingerprint density at radius 1 is 1.21 bits per heavy atom. The third-order valence-electron chi connectivity index (χ3n) is 2.79. The molecule has 1 aliphatic carbocycles. The molecular weight excluding hydrogens is 196 g/mol. The summed E-state index contributed by atoms with van der Waals surface area (Å²) >= 11 is 0. The third-order valence-corrected chi connectivity index (χ3v) is 2.79. The number of hydrogen-bond donors (Lipinski definition) is 0. The zero-order valence-electron chi connectivity index (χ0n) is 7.65. The van der Waals surface area contributed by atoms with E-state index in [1.807, 2.05) is 0 Å². The summed E-state index contributed by atoms with van der Waals surface area (Å²) in [6, 6.07) is 0. The summed E-state index contributed by atoms with van der Waals surface area (Å²) in [7, 11) is 0. The zero-order chi connectivity index (χ0) is 11.0. The smallest absolute Gasteiger partial charge is 0.233 e. The van der Waals surface area contributed by atoms with Crippen molar-refractivity contribution < 1.29 is 17.6 Å². The maximum Gasteiger partial charge on any atom is 0.423 e. The second-order valence-electron chi connectivity index (χ2n) is 3.64. The van der Waals surface area contributed by atoms with Gasteiger partial charge in [0.2, 0.25) is 5.67 Å². The molecule has 0 aromatic rings. The molecule has 1 aliphatic rings. The van der Waals surface area contributed by atoms with Gasteiger partial charge in [0.1, 0.15) is 0 Å². The maximum absolute atomic E-state index is 13.7. The lowest BCUT2D eigenvalue weighted by molar-refractivity contribution is -0.237. The minimum absolute atomic E-state index is 0.142. The largest absolute Gasteiger partial charge is 0.423 e. The van der Waals surface area contributed by atoms with Crippen LogP contribution in [0.4, 0.5) is 17.6 Å². The van der Waals surface area contributed by atoms with Gasteiger partial charge in [-0.2, -0.15) is 13.2 Å². The van der Waals surface area contributed by atoms with Crippen molar-refractivity contribution >= 4 is 0 Å². The van der Waals surface area contributed by atoms with Crippen molar-refractivity contribution in [1.82, 2.24) is 0 Å².